The van der Waals surface area contributed by atoms with Gasteiger partial charge in [0.2, 0.25) is 0 Å². The predicted octanol–water partition coefficient (Wildman–Crippen LogP) is 3.02. The minimum Gasteiger partial charge on any atom is -0.372 e. The number of rotatable bonds is 3. The van der Waals surface area contributed by atoms with Crippen molar-refractivity contribution in [2.24, 2.45) is 5.73 Å². The summed E-state index contributed by atoms with van der Waals surface area (Å²) < 4.78 is 5.42. The minimum atomic E-state index is 0.0829. The molecule has 1 unspecified atom stereocenters. The van der Waals surface area contributed by atoms with Crippen LogP contribution >= 0.6 is 11.3 Å². The van der Waals surface area contributed by atoms with Gasteiger partial charge in [-0.05, 0) is 28.1 Å². The van der Waals surface area contributed by atoms with Crippen molar-refractivity contribution in [1.29, 1.82) is 0 Å². The van der Waals surface area contributed by atoms with E-state index in [9.17, 15) is 0 Å². The molecule has 1 atom stereocenters. The van der Waals surface area contributed by atoms with Crippen LogP contribution in [-0.4, -0.2) is 0 Å². The van der Waals surface area contributed by atoms with Crippen molar-refractivity contribution in [3.63, 3.8) is 0 Å². The fourth-order valence-electron chi connectivity index (χ4n) is 2.19. The van der Waals surface area contributed by atoms with E-state index in [1.165, 1.54) is 21.6 Å². The number of hydrogen-bond acceptors (Lipinski definition) is 3. The zero-order chi connectivity index (χ0) is 11.7. The Bertz CT molecular complexity index is 507. The average molecular weight is 245 g/mol. The summed E-state index contributed by atoms with van der Waals surface area (Å²) in [6, 6.07) is 10.8. The topological polar surface area (TPSA) is 35.2 Å². The molecule has 88 valence electrons. The summed E-state index contributed by atoms with van der Waals surface area (Å²) in [6.45, 7) is 1.48. The molecule has 0 fully saturated rings. The first kappa shape index (κ1) is 11.0. The lowest BCUT2D eigenvalue weighted by Crippen LogP contribution is -2.13. The highest BCUT2D eigenvalue weighted by atomic mass is 32.1. The summed E-state index contributed by atoms with van der Waals surface area (Å²) in [7, 11) is 0. The van der Waals surface area contributed by atoms with Gasteiger partial charge in [-0.15, -0.1) is 11.3 Å². The highest BCUT2D eigenvalue weighted by Gasteiger charge is 2.14. The molecule has 0 amide bonds. The van der Waals surface area contributed by atoms with Gasteiger partial charge in [-0.1, -0.05) is 24.3 Å². The zero-order valence-corrected chi connectivity index (χ0v) is 10.4. The lowest BCUT2D eigenvalue weighted by molar-refractivity contribution is 0.134. The van der Waals surface area contributed by atoms with E-state index in [1.807, 2.05) is 0 Å². The second-order valence-corrected chi connectivity index (χ2v) is 5.44. The lowest BCUT2D eigenvalue weighted by Gasteiger charge is -2.12. The highest BCUT2D eigenvalue weighted by molar-refractivity contribution is 7.09. The molecule has 3 rings (SSSR count). The SMILES string of the molecule is NC(Cc1cccs1)c1ccc2c(c1)COC2. The quantitative estimate of drug-likeness (QED) is 0.902. The van der Waals surface area contributed by atoms with E-state index in [0.29, 0.717) is 0 Å². The third-order valence-corrected chi connectivity index (χ3v) is 4.07. The third-order valence-electron chi connectivity index (χ3n) is 3.17. The average Bonchev–Trinajstić information content (AvgIpc) is 2.97. The van der Waals surface area contributed by atoms with Crippen LogP contribution in [0.3, 0.4) is 0 Å². The molecule has 0 saturated heterocycles. The van der Waals surface area contributed by atoms with Gasteiger partial charge in [0.15, 0.2) is 0 Å². The number of thiophene rings is 1. The maximum absolute atomic E-state index is 6.25. The second-order valence-electron chi connectivity index (χ2n) is 4.41. The molecule has 17 heavy (non-hydrogen) atoms. The summed E-state index contributed by atoms with van der Waals surface area (Å²) >= 11 is 1.77. The molecule has 0 bridgehead atoms. The molecular weight excluding hydrogens is 230 g/mol. The number of fused-ring (bicyclic) bond motifs is 1. The largest absolute Gasteiger partial charge is 0.372 e. The first-order valence-electron chi connectivity index (χ1n) is 5.80. The molecule has 3 heteroatoms. The van der Waals surface area contributed by atoms with Gasteiger partial charge in [-0.25, -0.2) is 0 Å². The van der Waals surface area contributed by atoms with Gasteiger partial charge in [0, 0.05) is 17.3 Å². The Kier molecular flexibility index (Phi) is 2.97. The van der Waals surface area contributed by atoms with Crippen LogP contribution in [0.4, 0.5) is 0 Å². The van der Waals surface area contributed by atoms with E-state index < -0.39 is 0 Å². The van der Waals surface area contributed by atoms with Gasteiger partial charge < -0.3 is 10.5 Å². The highest BCUT2D eigenvalue weighted by Crippen LogP contribution is 2.25. The van der Waals surface area contributed by atoms with Crippen molar-refractivity contribution in [3.8, 4) is 0 Å². The Morgan fingerprint density at radius 3 is 2.94 bits per heavy atom. The van der Waals surface area contributed by atoms with Gasteiger partial charge >= 0.3 is 0 Å². The summed E-state index contributed by atoms with van der Waals surface area (Å²) in [5.41, 5.74) is 10.1. The van der Waals surface area contributed by atoms with E-state index in [4.69, 9.17) is 10.5 Å². The molecule has 1 aliphatic rings. The van der Waals surface area contributed by atoms with Crippen molar-refractivity contribution >= 4 is 11.3 Å². The molecule has 2 heterocycles. The van der Waals surface area contributed by atoms with Crippen LogP contribution in [0.15, 0.2) is 35.7 Å². The zero-order valence-electron chi connectivity index (χ0n) is 9.56. The molecule has 2 aromatic rings. The van der Waals surface area contributed by atoms with Crippen molar-refractivity contribution < 1.29 is 4.74 Å². The molecule has 0 spiro atoms. The van der Waals surface area contributed by atoms with Gasteiger partial charge in [0.25, 0.3) is 0 Å². The van der Waals surface area contributed by atoms with E-state index in [-0.39, 0.29) is 6.04 Å². The summed E-state index contributed by atoms with van der Waals surface area (Å²) in [4.78, 5) is 1.34. The smallest absolute Gasteiger partial charge is 0.0725 e. The van der Waals surface area contributed by atoms with Crippen LogP contribution in [0, 0.1) is 0 Å². The van der Waals surface area contributed by atoms with Gasteiger partial charge in [-0.3, -0.25) is 0 Å². The first-order valence-corrected chi connectivity index (χ1v) is 6.68. The molecule has 0 saturated carbocycles. The van der Waals surface area contributed by atoms with E-state index in [1.54, 1.807) is 11.3 Å². The van der Waals surface area contributed by atoms with Crippen LogP contribution < -0.4 is 5.73 Å². The van der Waals surface area contributed by atoms with E-state index in [0.717, 1.165) is 19.6 Å². The van der Waals surface area contributed by atoms with Gasteiger partial charge in [0.1, 0.15) is 0 Å². The van der Waals surface area contributed by atoms with E-state index >= 15 is 0 Å². The Balaban J connectivity index is 1.79. The molecule has 2 N–H and O–H groups in total. The maximum atomic E-state index is 6.25. The Hall–Kier alpha value is -1.16. The van der Waals surface area contributed by atoms with Crippen molar-refractivity contribution in [1.82, 2.24) is 0 Å². The second kappa shape index (κ2) is 4.61. The molecule has 1 aromatic heterocycles. The number of hydrogen-bond donors (Lipinski definition) is 1. The summed E-state index contributed by atoms with van der Waals surface area (Å²) in [6.07, 6.45) is 0.914. The third kappa shape index (κ3) is 2.27. The number of nitrogens with two attached hydrogens (primary N) is 1. The van der Waals surface area contributed by atoms with Crippen LogP contribution in [0.25, 0.3) is 0 Å². The van der Waals surface area contributed by atoms with Crippen molar-refractivity contribution in [2.75, 3.05) is 0 Å². The van der Waals surface area contributed by atoms with Gasteiger partial charge in [0.05, 0.1) is 13.2 Å². The molecule has 2 nitrogen and oxygen atoms in total. The number of ether oxygens (including phenoxy) is 1. The van der Waals surface area contributed by atoms with Crippen LogP contribution in [0.1, 0.15) is 27.6 Å². The van der Waals surface area contributed by atoms with Crippen molar-refractivity contribution in [2.45, 2.75) is 25.7 Å². The standard InChI is InChI=1S/C14H15NOS/c15-14(7-13-2-1-5-17-13)10-3-4-11-8-16-9-12(11)6-10/h1-6,14H,7-9,15H2. The molecule has 1 aliphatic heterocycles. The van der Waals surface area contributed by atoms with Crippen LogP contribution in [0.2, 0.25) is 0 Å². The molecule has 0 aliphatic carbocycles. The minimum absolute atomic E-state index is 0.0829. The maximum Gasteiger partial charge on any atom is 0.0725 e. The normalized spacial score (nSPS) is 15.8. The van der Waals surface area contributed by atoms with E-state index in [2.05, 4.69) is 35.7 Å². The fourth-order valence-corrected chi connectivity index (χ4v) is 2.95. The lowest BCUT2D eigenvalue weighted by atomic mass is 9.99. The summed E-state index contributed by atoms with van der Waals surface area (Å²) in [5, 5.41) is 2.10. The van der Waals surface area contributed by atoms with Gasteiger partial charge in [-0.2, -0.15) is 0 Å². The predicted molar refractivity (Wildman–Crippen MR) is 69.9 cm³/mol. The van der Waals surface area contributed by atoms with Crippen LogP contribution in [0.5, 0.6) is 0 Å². The Morgan fingerprint density at radius 2 is 2.12 bits per heavy atom. The van der Waals surface area contributed by atoms with Crippen LogP contribution in [-0.2, 0) is 24.4 Å². The summed E-state index contributed by atoms with van der Waals surface area (Å²) in [5.74, 6) is 0. The first-order chi connectivity index (χ1) is 8.33. The number of benzene rings is 1. The molecule has 0 radical (unpaired) electrons. The Labute approximate surface area is 105 Å². The molecular formula is C14H15NOS. The monoisotopic (exact) mass is 245 g/mol. The fraction of sp³-hybridized carbons (Fsp3) is 0.286. The molecule has 1 aromatic carbocycles. The Morgan fingerprint density at radius 1 is 1.24 bits per heavy atom. The van der Waals surface area contributed by atoms with Crippen molar-refractivity contribution in [3.05, 3.63) is 57.3 Å².